The number of aryl methyl sites for hydroxylation is 1. The molecular formula is C11H15NO2. The van der Waals surface area contributed by atoms with Gasteiger partial charge in [-0.3, -0.25) is 0 Å². The molecule has 1 aromatic rings. The third-order valence-electron chi connectivity index (χ3n) is 2.07. The molecule has 0 aliphatic carbocycles. The van der Waals surface area contributed by atoms with Crippen molar-refractivity contribution in [3.05, 3.63) is 29.1 Å². The fourth-order valence-corrected chi connectivity index (χ4v) is 1.35. The van der Waals surface area contributed by atoms with Gasteiger partial charge in [-0.15, -0.1) is 0 Å². The first kappa shape index (κ1) is 10.7. The zero-order valence-electron chi connectivity index (χ0n) is 8.74. The van der Waals surface area contributed by atoms with E-state index in [9.17, 15) is 4.79 Å². The summed E-state index contributed by atoms with van der Waals surface area (Å²) in [7, 11) is 0. The summed E-state index contributed by atoms with van der Waals surface area (Å²) in [6.45, 7) is 6.18. The van der Waals surface area contributed by atoms with Crippen LogP contribution in [0.2, 0.25) is 0 Å². The van der Waals surface area contributed by atoms with Gasteiger partial charge in [-0.1, -0.05) is 13.8 Å². The lowest BCUT2D eigenvalue weighted by atomic mass is 10.0. The first-order chi connectivity index (χ1) is 6.50. The number of carboxylic acid groups (broad SMARTS) is 1. The highest BCUT2D eigenvalue weighted by molar-refractivity contribution is 5.85. The number of aromatic nitrogens is 1. The highest BCUT2D eigenvalue weighted by atomic mass is 16.4. The van der Waals surface area contributed by atoms with Gasteiger partial charge >= 0.3 is 5.97 Å². The summed E-state index contributed by atoms with van der Waals surface area (Å²) in [6.07, 6.45) is 2.61. The Balaban J connectivity index is 2.95. The normalized spacial score (nSPS) is 10.6. The molecule has 14 heavy (non-hydrogen) atoms. The van der Waals surface area contributed by atoms with Gasteiger partial charge in [0, 0.05) is 6.20 Å². The lowest BCUT2D eigenvalue weighted by Crippen LogP contribution is -2.04. The Kier molecular flexibility index (Phi) is 3.23. The maximum Gasteiger partial charge on any atom is 0.354 e. The lowest BCUT2D eigenvalue weighted by molar-refractivity contribution is 0.0690. The van der Waals surface area contributed by atoms with E-state index in [1.54, 1.807) is 12.3 Å². The van der Waals surface area contributed by atoms with Crippen LogP contribution in [0, 0.1) is 12.8 Å². The molecule has 76 valence electrons. The van der Waals surface area contributed by atoms with Crippen LogP contribution >= 0.6 is 0 Å². The Morgan fingerprint density at radius 1 is 1.57 bits per heavy atom. The fraction of sp³-hybridized carbons (Fsp3) is 0.455. The second-order valence-electron chi connectivity index (χ2n) is 3.90. The number of carboxylic acids is 1. The summed E-state index contributed by atoms with van der Waals surface area (Å²) in [4.78, 5) is 14.5. The molecular weight excluding hydrogens is 178 g/mol. The van der Waals surface area contributed by atoms with Crippen molar-refractivity contribution in [1.29, 1.82) is 0 Å². The standard InChI is InChI=1S/C11H15NO2/c1-7(2)4-9-6-12-10(11(13)14)5-8(9)3/h5-7H,4H2,1-3H3,(H,13,14). The van der Waals surface area contributed by atoms with Gasteiger partial charge in [-0.2, -0.15) is 0 Å². The van der Waals surface area contributed by atoms with Crippen LogP contribution in [0.3, 0.4) is 0 Å². The first-order valence-electron chi connectivity index (χ1n) is 4.69. The van der Waals surface area contributed by atoms with Crippen LogP contribution in [0.1, 0.15) is 35.5 Å². The number of rotatable bonds is 3. The molecule has 0 aromatic carbocycles. The van der Waals surface area contributed by atoms with Gasteiger partial charge in [0.25, 0.3) is 0 Å². The molecule has 1 heterocycles. The second kappa shape index (κ2) is 4.22. The Morgan fingerprint density at radius 3 is 2.64 bits per heavy atom. The van der Waals surface area contributed by atoms with E-state index in [4.69, 9.17) is 5.11 Å². The monoisotopic (exact) mass is 193 g/mol. The van der Waals surface area contributed by atoms with E-state index < -0.39 is 5.97 Å². The second-order valence-corrected chi connectivity index (χ2v) is 3.90. The number of aromatic carboxylic acids is 1. The molecule has 0 spiro atoms. The molecule has 1 rings (SSSR count). The number of hydrogen-bond acceptors (Lipinski definition) is 2. The predicted molar refractivity (Wildman–Crippen MR) is 54.5 cm³/mol. The van der Waals surface area contributed by atoms with Gasteiger partial charge in [-0.05, 0) is 36.5 Å². The molecule has 3 nitrogen and oxygen atoms in total. The van der Waals surface area contributed by atoms with E-state index in [-0.39, 0.29) is 5.69 Å². The van der Waals surface area contributed by atoms with Crippen molar-refractivity contribution in [3.8, 4) is 0 Å². The van der Waals surface area contributed by atoms with Crippen molar-refractivity contribution in [2.75, 3.05) is 0 Å². The number of hydrogen-bond donors (Lipinski definition) is 1. The minimum atomic E-state index is -0.968. The van der Waals surface area contributed by atoms with Crippen LogP contribution in [-0.2, 0) is 6.42 Å². The zero-order chi connectivity index (χ0) is 10.7. The Bertz CT molecular complexity index is 345. The molecule has 0 saturated carbocycles. The molecule has 3 heteroatoms. The van der Waals surface area contributed by atoms with Crippen molar-refractivity contribution in [1.82, 2.24) is 4.98 Å². The Labute approximate surface area is 83.8 Å². The molecule has 0 amide bonds. The van der Waals surface area contributed by atoms with Crippen molar-refractivity contribution in [2.45, 2.75) is 27.2 Å². The molecule has 1 aromatic heterocycles. The van der Waals surface area contributed by atoms with E-state index in [0.29, 0.717) is 5.92 Å². The largest absolute Gasteiger partial charge is 0.477 e. The number of pyridine rings is 1. The third-order valence-corrected chi connectivity index (χ3v) is 2.07. The fourth-order valence-electron chi connectivity index (χ4n) is 1.35. The van der Waals surface area contributed by atoms with E-state index in [1.165, 1.54) is 0 Å². The van der Waals surface area contributed by atoms with Crippen LogP contribution in [0.25, 0.3) is 0 Å². The van der Waals surface area contributed by atoms with Gasteiger partial charge in [0.2, 0.25) is 0 Å². The van der Waals surface area contributed by atoms with Gasteiger partial charge < -0.3 is 5.11 Å². The molecule has 0 atom stereocenters. The lowest BCUT2D eigenvalue weighted by Gasteiger charge is -2.08. The summed E-state index contributed by atoms with van der Waals surface area (Å²) in [5, 5.41) is 8.72. The molecule has 0 aliphatic rings. The smallest absolute Gasteiger partial charge is 0.354 e. The van der Waals surface area contributed by atoms with Crippen molar-refractivity contribution in [2.24, 2.45) is 5.92 Å². The summed E-state index contributed by atoms with van der Waals surface area (Å²) < 4.78 is 0. The van der Waals surface area contributed by atoms with Crippen LogP contribution in [-0.4, -0.2) is 16.1 Å². The summed E-state index contributed by atoms with van der Waals surface area (Å²) in [6, 6.07) is 1.63. The van der Waals surface area contributed by atoms with Gasteiger partial charge in [-0.25, -0.2) is 9.78 Å². The highest BCUT2D eigenvalue weighted by Gasteiger charge is 2.07. The molecule has 0 fully saturated rings. The van der Waals surface area contributed by atoms with Crippen LogP contribution < -0.4 is 0 Å². The summed E-state index contributed by atoms with van der Waals surface area (Å²) in [5.41, 5.74) is 2.26. The minimum absolute atomic E-state index is 0.120. The van der Waals surface area contributed by atoms with Crippen molar-refractivity contribution >= 4 is 5.97 Å². The van der Waals surface area contributed by atoms with Gasteiger partial charge in [0.1, 0.15) is 5.69 Å². The zero-order valence-corrected chi connectivity index (χ0v) is 8.74. The first-order valence-corrected chi connectivity index (χ1v) is 4.69. The van der Waals surface area contributed by atoms with E-state index in [2.05, 4.69) is 18.8 Å². The van der Waals surface area contributed by atoms with E-state index in [0.717, 1.165) is 17.5 Å². The van der Waals surface area contributed by atoms with E-state index >= 15 is 0 Å². The third kappa shape index (κ3) is 2.55. The topological polar surface area (TPSA) is 50.2 Å². The average Bonchev–Trinajstić information content (AvgIpc) is 2.07. The number of carbonyl (C=O) groups is 1. The van der Waals surface area contributed by atoms with Crippen LogP contribution in [0.5, 0.6) is 0 Å². The van der Waals surface area contributed by atoms with Crippen molar-refractivity contribution in [3.63, 3.8) is 0 Å². The maximum absolute atomic E-state index is 10.6. The Hall–Kier alpha value is -1.38. The van der Waals surface area contributed by atoms with Gasteiger partial charge in [0.05, 0.1) is 0 Å². The maximum atomic E-state index is 10.6. The Morgan fingerprint density at radius 2 is 2.21 bits per heavy atom. The highest BCUT2D eigenvalue weighted by Crippen LogP contribution is 2.13. The molecule has 0 saturated heterocycles. The quantitative estimate of drug-likeness (QED) is 0.801. The average molecular weight is 193 g/mol. The van der Waals surface area contributed by atoms with Crippen molar-refractivity contribution < 1.29 is 9.90 Å². The van der Waals surface area contributed by atoms with Crippen LogP contribution in [0.15, 0.2) is 12.3 Å². The molecule has 1 N–H and O–H groups in total. The molecule has 0 bridgehead atoms. The summed E-state index contributed by atoms with van der Waals surface area (Å²) in [5.74, 6) is -0.407. The summed E-state index contributed by atoms with van der Waals surface area (Å²) >= 11 is 0. The SMILES string of the molecule is Cc1cc(C(=O)O)ncc1CC(C)C. The number of nitrogens with zero attached hydrogens (tertiary/aromatic N) is 1. The van der Waals surface area contributed by atoms with Crippen LogP contribution in [0.4, 0.5) is 0 Å². The molecule has 0 unspecified atom stereocenters. The molecule has 0 aliphatic heterocycles. The molecule has 0 radical (unpaired) electrons. The minimum Gasteiger partial charge on any atom is -0.477 e. The van der Waals surface area contributed by atoms with Gasteiger partial charge in [0.15, 0.2) is 0 Å². The predicted octanol–water partition coefficient (Wildman–Crippen LogP) is 2.29. The van der Waals surface area contributed by atoms with E-state index in [1.807, 2.05) is 6.92 Å².